The Labute approximate surface area is 182 Å². The molecule has 0 amide bonds. The van der Waals surface area contributed by atoms with Gasteiger partial charge in [-0.15, -0.1) is 0 Å². The molecular formula is C23H24AsN4S. The van der Waals surface area contributed by atoms with E-state index in [1.165, 1.54) is 27.1 Å². The number of nitriles is 1. The molecule has 2 heterocycles. The van der Waals surface area contributed by atoms with E-state index in [1.54, 1.807) is 0 Å². The van der Waals surface area contributed by atoms with Crippen LogP contribution in [-0.4, -0.2) is 41.4 Å². The molecule has 4 rings (SSSR count). The molecule has 2 aromatic carbocycles. The van der Waals surface area contributed by atoms with Gasteiger partial charge in [0.15, 0.2) is 0 Å². The zero-order valence-corrected chi connectivity index (χ0v) is 19.6. The molecule has 1 radical (unpaired) electrons. The molecule has 0 bridgehead atoms. The molecule has 4 aromatic rings. The van der Waals surface area contributed by atoms with E-state index in [0.29, 0.717) is 26.1 Å². The van der Waals surface area contributed by atoms with Crippen LogP contribution >= 0.6 is 11.8 Å². The van der Waals surface area contributed by atoms with Gasteiger partial charge >= 0.3 is 182 Å². The van der Waals surface area contributed by atoms with E-state index in [9.17, 15) is 0 Å². The first-order valence-electron chi connectivity index (χ1n) is 9.71. The van der Waals surface area contributed by atoms with Gasteiger partial charge in [0.2, 0.25) is 0 Å². The van der Waals surface area contributed by atoms with Crippen molar-refractivity contribution >= 4 is 49.3 Å². The van der Waals surface area contributed by atoms with Gasteiger partial charge in [-0.1, -0.05) is 0 Å². The second-order valence-electron chi connectivity index (χ2n) is 8.07. The Hall–Kier alpha value is -2.15. The van der Waals surface area contributed by atoms with Crippen LogP contribution in [0.15, 0.2) is 42.5 Å². The summed E-state index contributed by atoms with van der Waals surface area (Å²) >= 11 is 2.38. The summed E-state index contributed by atoms with van der Waals surface area (Å²) in [4.78, 5) is 3.54. The number of aromatic nitrogens is 3. The molecule has 0 aliphatic heterocycles. The minimum atomic E-state index is 0.312. The van der Waals surface area contributed by atoms with E-state index < -0.39 is 0 Å². The third kappa shape index (κ3) is 4.55. The van der Waals surface area contributed by atoms with Gasteiger partial charge in [0, 0.05) is 0 Å². The Morgan fingerprint density at radius 1 is 1.10 bits per heavy atom. The standard InChI is InChI=1S/C23H24AsN4S/c1-23(2,3)29-10-9-24-13-16-5-4-6-19-18(16)12-21(26-19)22-17-8-7-15(14-25)11-20(17)27-28-22/h4-8,11-12,26H,9-10,13H2,1-3H3,(H,27,28). The topological polar surface area (TPSA) is 68.3 Å². The number of nitrogens with one attached hydrogen (secondary N) is 2. The monoisotopic (exact) mass is 463 g/mol. The van der Waals surface area contributed by atoms with Crippen LogP contribution in [0.4, 0.5) is 0 Å². The van der Waals surface area contributed by atoms with Gasteiger partial charge in [-0.3, -0.25) is 0 Å². The van der Waals surface area contributed by atoms with E-state index >= 15 is 0 Å². The molecule has 2 aromatic heterocycles. The van der Waals surface area contributed by atoms with Gasteiger partial charge in [-0.05, 0) is 0 Å². The first-order valence-corrected chi connectivity index (χ1v) is 13.3. The fraction of sp³-hybridized carbons (Fsp3) is 0.304. The SMILES string of the molecule is CC(C)(C)SCC[As]Cc1cccc2[nH]c(-c3n[nH]c4cc(C#N)ccc34)cc12. The average Bonchev–Trinajstić information content (AvgIpc) is 3.30. The average molecular weight is 463 g/mol. The van der Waals surface area contributed by atoms with Gasteiger partial charge in [0.05, 0.1) is 0 Å². The third-order valence-electron chi connectivity index (χ3n) is 4.77. The Morgan fingerprint density at radius 3 is 2.76 bits per heavy atom. The maximum absolute atomic E-state index is 9.10. The summed E-state index contributed by atoms with van der Waals surface area (Å²) in [5.41, 5.74) is 6.04. The molecule has 0 aliphatic rings. The Balaban J connectivity index is 1.56. The van der Waals surface area contributed by atoms with Crippen molar-refractivity contribution in [2.24, 2.45) is 0 Å². The molecule has 0 saturated carbocycles. The quantitative estimate of drug-likeness (QED) is 0.283. The van der Waals surface area contributed by atoms with Crippen LogP contribution in [-0.2, 0) is 5.21 Å². The molecule has 0 unspecified atom stereocenters. The van der Waals surface area contributed by atoms with Gasteiger partial charge in [0.1, 0.15) is 0 Å². The number of benzene rings is 2. The van der Waals surface area contributed by atoms with Crippen molar-refractivity contribution in [1.82, 2.24) is 15.2 Å². The number of thioether (sulfide) groups is 1. The van der Waals surface area contributed by atoms with Gasteiger partial charge in [-0.2, -0.15) is 0 Å². The van der Waals surface area contributed by atoms with E-state index in [-0.39, 0.29) is 0 Å². The molecule has 29 heavy (non-hydrogen) atoms. The summed E-state index contributed by atoms with van der Waals surface area (Å²) in [6.45, 7) is 6.86. The summed E-state index contributed by atoms with van der Waals surface area (Å²) < 4.78 is 0.358. The molecule has 0 aliphatic carbocycles. The van der Waals surface area contributed by atoms with Crippen molar-refractivity contribution < 1.29 is 0 Å². The maximum atomic E-state index is 9.10. The van der Waals surface area contributed by atoms with Crippen molar-refractivity contribution in [3.8, 4) is 17.5 Å². The summed E-state index contributed by atoms with van der Waals surface area (Å²) in [6.07, 6.45) is 0. The van der Waals surface area contributed by atoms with E-state index in [2.05, 4.69) is 78.0 Å². The van der Waals surface area contributed by atoms with Gasteiger partial charge in [0.25, 0.3) is 0 Å². The van der Waals surface area contributed by atoms with Crippen LogP contribution in [0.1, 0.15) is 31.9 Å². The van der Waals surface area contributed by atoms with E-state index in [1.807, 2.05) is 18.2 Å². The normalized spacial score (nSPS) is 12.3. The molecule has 0 saturated heterocycles. The molecule has 0 atom stereocenters. The molecule has 0 spiro atoms. The number of fused-ring (bicyclic) bond motifs is 2. The van der Waals surface area contributed by atoms with Crippen molar-refractivity contribution in [2.75, 3.05) is 5.75 Å². The molecule has 0 fully saturated rings. The number of rotatable bonds is 6. The van der Waals surface area contributed by atoms with Crippen molar-refractivity contribution in [2.45, 2.75) is 35.9 Å². The second kappa shape index (κ2) is 8.30. The van der Waals surface area contributed by atoms with Gasteiger partial charge in [-0.25, -0.2) is 0 Å². The molecular weight excluding hydrogens is 439 g/mol. The van der Waals surface area contributed by atoms with Crippen molar-refractivity contribution in [3.05, 3.63) is 53.6 Å². The molecule has 4 nitrogen and oxygen atoms in total. The van der Waals surface area contributed by atoms with Gasteiger partial charge < -0.3 is 0 Å². The Morgan fingerprint density at radius 2 is 1.97 bits per heavy atom. The number of H-pyrrole nitrogens is 2. The third-order valence-corrected chi connectivity index (χ3v) is 9.02. The van der Waals surface area contributed by atoms with Crippen LogP contribution in [0.3, 0.4) is 0 Å². The predicted octanol–water partition coefficient (Wildman–Crippen LogP) is 5.74. The van der Waals surface area contributed by atoms with Crippen LogP contribution in [0.25, 0.3) is 33.2 Å². The van der Waals surface area contributed by atoms with Crippen LogP contribution in [0, 0.1) is 11.3 Å². The van der Waals surface area contributed by atoms with Crippen LogP contribution in [0.5, 0.6) is 0 Å². The Kier molecular flexibility index (Phi) is 5.76. The van der Waals surface area contributed by atoms with Crippen molar-refractivity contribution in [3.63, 3.8) is 0 Å². The Bertz CT molecular complexity index is 1190. The molecule has 2 N–H and O–H groups in total. The predicted molar refractivity (Wildman–Crippen MR) is 125 cm³/mol. The fourth-order valence-corrected chi connectivity index (χ4v) is 7.03. The minimum absolute atomic E-state index is 0.312. The summed E-state index contributed by atoms with van der Waals surface area (Å²) in [5, 5.41) is 21.5. The van der Waals surface area contributed by atoms with E-state index in [4.69, 9.17) is 5.26 Å². The number of hydrogen-bond acceptors (Lipinski definition) is 3. The summed E-state index contributed by atoms with van der Waals surface area (Å²) in [7, 11) is 0. The van der Waals surface area contributed by atoms with E-state index in [0.717, 1.165) is 27.8 Å². The fourth-order valence-electron chi connectivity index (χ4n) is 3.39. The first-order chi connectivity index (χ1) is 13.9. The summed E-state index contributed by atoms with van der Waals surface area (Å²) in [5.74, 6) is 1.25. The first kappa shape index (κ1) is 20.1. The number of nitrogens with zero attached hydrogens (tertiary/aromatic N) is 2. The molecule has 147 valence electrons. The zero-order valence-electron chi connectivity index (χ0n) is 16.9. The van der Waals surface area contributed by atoms with Crippen LogP contribution < -0.4 is 0 Å². The zero-order chi connectivity index (χ0) is 20.4. The van der Waals surface area contributed by atoms with Crippen molar-refractivity contribution in [1.29, 1.82) is 5.26 Å². The second-order valence-corrected chi connectivity index (χ2v) is 12.5. The van der Waals surface area contributed by atoms with Crippen LogP contribution in [0.2, 0.25) is 5.21 Å². The summed E-state index contributed by atoms with van der Waals surface area (Å²) in [6, 6.07) is 16.6. The molecule has 6 heteroatoms. The number of hydrogen-bond donors (Lipinski definition) is 2. The number of aromatic amines is 2.